The normalized spacial score (nSPS) is 14.8. The second-order valence-corrected chi connectivity index (χ2v) is 9.96. The van der Waals surface area contributed by atoms with Gasteiger partial charge in [-0.25, -0.2) is 8.42 Å². The molecule has 2 heterocycles. The third kappa shape index (κ3) is 3.70. The predicted octanol–water partition coefficient (Wildman–Crippen LogP) is 5.97. The summed E-state index contributed by atoms with van der Waals surface area (Å²) in [5.74, 6) is 0.627. The molecule has 5 nitrogen and oxygen atoms in total. The Morgan fingerprint density at radius 2 is 1.58 bits per heavy atom. The molecule has 4 aromatic rings. The summed E-state index contributed by atoms with van der Waals surface area (Å²) in [5, 5.41) is 2.44. The molecule has 0 N–H and O–H groups in total. The largest absolute Gasteiger partial charge is 0.419 e. The van der Waals surface area contributed by atoms with Crippen LogP contribution in [0.5, 0.6) is 0 Å². The average molecular weight is 453 g/mol. The second kappa shape index (κ2) is 8.02. The topological polar surface area (TPSA) is 63.4 Å². The van der Waals surface area contributed by atoms with Gasteiger partial charge in [0.15, 0.2) is 0 Å². The van der Waals surface area contributed by atoms with E-state index in [1.54, 1.807) is 12.1 Å². The van der Waals surface area contributed by atoms with Gasteiger partial charge in [0.25, 0.3) is 0 Å². The zero-order valence-corrected chi connectivity index (χ0v) is 18.4. The molecule has 1 aliphatic heterocycles. The van der Waals surface area contributed by atoms with Gasteiger partial charge in [0, 0.05) is 23.7 Å². The molecule has 1 fully saturated rings. The molecule has 0 aliphatic carbocycles. The van der Waals surface area contributed by atoms with E-state index in [9.17, 15) is 8.42 Å². The summed E-state index contributed by atoms with van der Waals surface area (Å²) < 4.78 is 33.2. The maximum Gasteiger partial charge on any atom is 0.236 e. The fourth-order valence-electron chi connectivity index (χ4n) is 4.02. The van der Waals surface area contributed by atoms with E-state index < -0.39 is 9.84 Å². The molecule has 7 heteroatoms. The minimum absolute atomic E-state index is 0.0420. The summed E-state index contributed by atoms with van der Waals surface area (Å²) in [6.07, 6.45) is 3.11. The Morgan fingerprint density at radius 1 is 0.871 bits per heavy atom. The molecule has 1 aromatic heterocycles. The van der Waals surface area contributed by atoms with Crippen molar-refractivity contribution in [1.82, 2.24) is 4.98 Å². The van der Waals surface area contributed by atoms with Crippen LogP contribution in [-0.4, -0.2) is 26.5 Å². The number of rotatable bonds is 4. The van der Waals surface area contributed by atoms with Crippen molar-refractivity contribution < 1.29 is 12.8 Å². The van der Waals surface area contributed by atoms with E-state index in [0.29, 0.717) is 16.8 Å². The maximum atomic E-state index is 13.5. The maximum absolute atomic E-state index is 13.5. The quantitative estimate of drug-likeness (QED) is 0.381. The van der Waals surface area contributed by atoms with Crippen LogP contribution in [0.4, 0.5) is 5.88 Å². The van der Waals surface area contributed by atoms with Gasteiger partial charge in [-0.05, 0) is 60.4 Å². The molecule has 3 aromatic carbocycles. The van der Waals surface area contributed by atoms with Crippen LogP contribution in [0.15, 0.2) is 81.1 Å². The minimum Gasteiger partial charge on any atom is -0.419 e. The standard InChI is InChI=1S/C24H21ClN2O3S/c25-18-11-13-19(14-12-18)31(28,29)23-24(27-15-4-1-5-16-27)30-22(26-23)21-10-6-8-17-7-2-3-9-20(17)21/h2-3,6-14H,1,4-5,15-16H2. The van der Waals surface area contributed by atoms with E-state index in [1.807, 2.05) is 47.4 Å². The second-order valence-electron chi connectivity index (χ2n) is 7.66. The fraction of sp³-hybridized carbons (Fsp3) is 0.208. The van der Waals surface area contributed by atoms with Crippen molar-refractivity contribution in [1.29, 1.82) is 0 Å². The summed E-state index contributed by atoms with van der Waals surface area (Å²) in [7, 11) is -3.88. The molecule has 0 radical (unpaired) electrons. The van der Waals surface area contributed by atoms with Crippen molar-refractivity contribution in [2.75, 3.05) is 18.0 Å². The van der Waals surface area contributed by atoms with Crippen molar-refractivity contribution in [2.24, 2.45) is 0 Å². The molecule has 0 bridgehead atoms. The molecular formula is C24H21ClN2O3S. The Hall–Kier alpha value is -2.83. The van der Waals surface area contributed by atoms with Crippen LogP contribution >= 0.6 is 11.6 Å². The molecule has 1 aliphatic rings. The number of halogens is 1. The van der Waals surface area contributed by atoms with Crippen LogP contribution in [-0.2, 0) is 9.84 Å². The molecule has 1 saturated heterocycles. The Labute approximate surface area is 186 Å². The fourth-order valence-corrected chi connectivity index (χ4v) is 5.47. The molecule has 0 amide bonds. The van der Waals surface area contributed by atoms with Gasteiger partial charge in [0.2, 0.25) is 26.6 Å². The van der Waals surface area contributed by atoms with Gasteiger partial charge in [0.1, 0.15) is 0 Å². The lowest BCUT2D eigenvalue weighted by Crippen LogP contribution is -2.30. The first kappa shape index (κ1) is 20.1. The Balaban J connectivity index is 1.70. The first-order chi connectivity index (χ1) is 15.0. The lowest BCUT2D eigenvalue weighted by atomic mass is 10.0. The van der Waals surface area contributed by atoms with E-state index in [2.05, 4.69) is 4.98 Å². The van der Waals surface area contributed by atoms with Crippen LogP contribution in [0.2, 0.25) is 5.02 Å². The van der Waals surface area contributed by atoms with Crippen molar-refractivity contribution >= 4 is 38.1 Å². The van der Waals surface area contributed by atoms with Crippen LogP contribution in [0.3, 0.4) is 0 Å². The van der Waals surface area contributed by atoms with E-state index in [-0.39, 0.29) is 9.92 Å². The number of piperidine rings is 1. The molecule has 158 valence electrons. The smallest absolute Gasteiger partial charge is 0.236 e. The van der Waals surface area contributed by atoms with Crippen LogP contribution in [0.25, 0.3) is 22.2 Å². The number of anilines is 1. The van der Waals surface area contributed by atoms with Crippen LogP contribution < -0.4 is 4.90 Å². The van der Waals surface area contributed by atoms with Crippen LogP contribution in [0.1, 0.15) is 19.3 Å². The highest BCUT2D eigenvalue weighted by atomic mass is 35.5. The number of hydrogen-bond acceptors (Lipinski definition) is 5. The van der Waals surface area contributed by atoms with Crippen molar-refractivity contribution in [2.45, 2.75) is 29.2 Å². The van der Waals surface area contributed by atoms with Crippen LogP contribution in [0, 0.1) is 0 Å². The lowest BCUT2D eigenvalue weighted by molar-refractivity contribution is 0.499. The zero-order valence-electron chi connectivity index (χ0n) is 16.8. The van der Waals surface area contributed by atoms with E-state index >= 15 is 0 Å². The Bertz CT molecular complexity index is 1340. The molecule has 0 unspecified atom stereocenters. The first-order valence-corrected chi connectivity index (χ1v) is 12.1. The number of sulfone groups is 1. The zero-order chi connectivity index (χ0) is 21.4. The summed E-state index contributed by atoms with van der Waals surface area (Å²) in [4.78, 5) is 6.69. The molecule has 5 rings (SSSR count). The lowest BCUT2D eigenvalue weighted by Gasteiger charge is -2.26. The SMILES string of the molecule is O=S(=O)(c1ccc(Cl)cc1)c1nc(-c2cccc3ccccc23)oc1N1CCCCC1. The molecular weight excluding hydrogens is 432 g/mol. The summed E-state index contributed by atoms with van der Waals surface area (Å²) >= 11 is 5.96. The first-order valence-electron chi connectivity index (χ1n) is 10.3. The number of benzene rings is 3. The third-order valence-electron chi connectivity index (χ3n) is 5.62. The number of aromatic nitrogens is 1. The van der Waals surface area contributed by atoms with Gasteiger partial charge in [-0.3, -0.25) is 0 Å². The average Bonchev–Trinajstić information content (AvgIpc) is 3.26. The Kier molecular flexibility index (Phi) is 5.20. The third-order valence-corrected chi connectivity index (χ3v) is 7.54. The molecule has 0 atom stereocenters. The minimum atomic E-state index is -3.88. The number of fused-ring (bicyclic) bond motifs is 1. The van der Waals surface area contributed by atoms with Gasteiger partial charge in [-0.2, -0.15) is 4.98 Å². The van der Waals surface area contributed by atoms with Gasteiger partial charge in [-0.1, -0.05) is 48.0 Å². The highest BCUT2D eigenvalue weighted by molar-refractivity contribution is 7.91. The van der Waals surface area contributed by atoms with Gasteiger partial charge in [-0.15, -0.1) is 0 Å². The van der Waals surface area contributed by atoms with E-state index in [4.69, 9.17) is 16.0 Å². The van der Waals surface area contributed by atoms with Gasteiger partial charge in [0.05, 0.1) is 4.90 Å². The highest BCUT2D eigenvalue weighted by Gasteiger charge is 2.32. The monoisotopic (exact) mass is 452 g/mol. The molecule has 0 saturated carbocycles. The molecule has 31 heavy (non-hydrogen) atoms. The van der Waals surface area contributed by atoms with Gasteiger partial charge >= 0.3 is 0 Å². The highest BCUT2D eigenvalue weighted by Crippen LogP contribution is 2.38. The number of hydrogen-bond donors (Lipinski definition) is 0. The van der Waals surface area contributed by atoms with E-state index in [1.165, 1.54) is 12.1 Å². The summed E-state index contributed by atoms with van der Waals surface area (Å²) in [6.45, 7) is 1.49. The molecule has 0 spiro atoms. The Morgan fingerprint density at radius 3 is 2.35 bits per heavy atom. The summed E-state index contributed by atoms with van der Waals surface area (Å²) in [6, 6.07) is 19.9. The number of nitrogens with zero attached hydrogens (tertiary/aromatic N) is 2. The van der Waals surface area contributed by atoms with E-state index in [0.717, 1.165) is 48.7 Å². The number of oxazole rings is 1. The van der Waals surface area contributed by atoms with Crippen molar-refractivity contribution in [3.8, 4) is 11.5 Å². The van der Waals surface area contributed by atoms with Gasteiger partial charge < -0.3 is 9.32 Å². The summed E-state index contributed by atoms with van der Waals surface area (Å²) in [5.41, 5.74) is 0.772. The van der Waals surface area contributed by atoms with Crippen molar-refractivity contribution in [3.05, 3.63) is 71.8 Å². The predicted molar refractivity (Wildman–Crippen MR) is 122 cm³/mol. The van der Waals surface area contributed by atoms with Crippen molar-refractivity contribution in [3.63, 3.8) is 0 Å².